The average Bonchev–Trinajstić information content (AvgIpc) is 2.97. The van der Waals surface area contributed by atoms with Crippen LogP contribution in [0.25, 0.3) is 22.2 Å². The predicted molar refractivity (Wildman–Crippen MR) is 72.4 cm³/mol. The summed E-state index contributed by atoms with van der Waals surface area (Å²) in [5.41, 5.74) is 0.723. The third kappa shape index (κ3) is 2.16. The summed E-state index contributed by atoms with van der Waals surface area (Å²) in [4.78, 5) is 5.21. The minimum atomic E-state index is 0.178. The first-order valence-corrected chi connectivity index (χ1v) is 6.72. The lowest BCUT2D eigenvalue weighted by Gasteiger charge is -1.94. The van der Waals surface area contributed by atoms with E-state index >= 15 is 0 Å². The summed E-state index contributed by atoms with van der Waals surface area (Å²) in [6, 6.07) is 10.6. The van der Waals surface area contributed by atoms with Gasteiger partial charge in [0.25, 0.3) is 5.89 Å². The predicted octanol–water partition coefficient (Wildman–Crippen LogP) is 3.93. The van der Waals surface area contributed by atoms with Gasteiger partial charge in [-0.15, -0.1) is 11.3 Å². The Morgan fingerprint density at radius 3 is 2.83 bits per heavy atom. The van der Waals surface area contributed by atoms with Gasteiger partial charge in [-0.05, 0) is 40.2 Å². The molecule has 4 nitrogen and oxygen atoms in total. The van der Waals surface area contributed by atoms with Gasteiger partial charge in [-0.1, -0.05) is 17.3 Å². The Labute approximate surface area is 115 Å². The molecule has 0 fully saturated rings. The van der Waals surface area contributed by atoms with Gasteiger partial charge in [-0.2, -0.15) is 4.98 Å². The van der Waals surface area contributed by atoms with E-state index in [-0.39, 0.29) is 5.75 Å². The lowest BCUT2D eigenvalue weighted by molar-refractivity contribution is 0.433. The summed E-state index contributed by atoms with van der Waals surface area (Å²) in [6.07, 6.45) is 0. The molecule has 18 heavy (non-hydrogen) atoms. The molecule has 1 N–H and O–H groups in total. The molecule has 0 aliphatic rings. The van der Waals surface area contributed by atoms with Gasteiger partial charge in [0.15, 0.2) is 0 Å². The van der Waals surface area contributed by atoms with Crippen molar-refractivity contribution in [2.75, 3.05) is 0 Å². The number of halogens is 1. The van der Waals surface area contributed by atoms with E-state index in [0.717, 1.165) is 14.2 Å². The molecule has 0 saturated heterocycles. The van der Waals surface area contributed by atoms with Crippen molar-refractivity contribution < 1.29 is 9.63 Å². The topological polar surface area (TPSA) is 59.2 Å². The first kappa shape index (κ1) is 11.4. The second kappa shape index (κ2) is 4.55. The molecular weight excluding hydrogens is 316 g/mol. The molecular formula is C12H7BrN2O2S. The van der Waals surface area contributed by atoms with E-state index in [2.05, 4.69) is 26.1 Å². The molecule has 0 aliphatic heterocycles. The number of aromatic nitrogens is 2. The molecule has 0 bridgehead atoms. The standard InChI is InChI=1S/C12H7BrN2O2S/c13-10-5-4-9(18-10)12-14-11(15-17-12)7-2-1-3-8(16)6-7/h1-6,16H. The Morgan fingerprint density at radius 1 is 1.22 bits per heavy atom. The number of phenols is 1. The van der Waals surface area contributed by atoms with Gasteiger partial charge in [0.05, 0.1) is 8.66 Å². The van der Waals surface area contributed by atoms with Crippen molar-refractivity contribution in [1.82, 2.24) is 10.1 Å². The monoisotopic (exact) mass is 322 g/mol. The van der Waals surface area contributed by atoms with Gasteiger partial charge in [0.2, 0.25) is 5.82 Å². The number of hydrogen-bond acceptors (Lipinski definition) is 5. The van der Waals surface area contributed by atoms with E-state index in [1.54, 1.807) is 18.2 Å². The number of nitrogens with zero attached hydrogens (tertiary/aromatic N) is 2. The Morgan fingerprint density at radius 2 is 2.11 bits per heavy atom. The van der Waals surface area contributed by atoms with Crippen molar-refractivity contribution in [2.45, 2.75) is 0 Å². The van der Waals surface area contributed by atoms with Gasteiger partial charge in [-0.25, -0.2) is 0 Å². The van der Waals surface area contributed by atoms with Gasteiger partial charge < -0.3 is 9.63 Å². The van der Waals surface area contributed by atoms with E-state index in [0.29, 0.717) is 11.7 Å². The maximum Gasteiger partial charge on any atom is 0.268 e. The third-order valence-corrected chi connectivity index (χ3v) is 3.93. The number of benzene rings is 1. The highest BCUT2D eigenvalue weighted by Gasteiger charge is 2.12. The average molecular weight is 323 g/mol. The van der Waals surface area contributed by atoms with Crippen molar-refractivity contribution >= 4 is 27.3 Å². The zero-order valence-corrected chi connectivity index (χ0v) is 11.4. The molecule has 90 valence electrons. The number of hydrogen-bond donors (Lipinski definition) is 1. The van der Waals surface area contributed by atoms with Crippen LogP contribution in [0.3, 0.4) is 0 Å². The van der Waals surface area contributed by atoms with Crippen molar-refractivity contribution in [3.63, 3.8) is 0 Å². The van der Waals surface area contributed by atoms with E-state index < -0.39 is 0 Å². The first-order chi connectivity index (χ1) is 8.72. The molecule has 0 spiro atoms. The molecule has 0 aliphatic carbocycles. The van der Waals surface area contributed by atoms with Crippen LogP contribution in [0.1, 0.15) is 0 Å². The van der Waals surface area contributed by atoms with Crippen LogP contribution >= 0.6 is 27.3 Å². The smallest absolute Gasteiger partial charge is 0.268 e. The number of aromatic hydroxyl groups is 1. The highest BCUT2D eigenvalue weighted by molar-refractivity contribution is 9.11. The van der Waals surface area contributed by atoms with E-state index in [4.69, 9.17) is 4.52 Å². The summed E-state index contributed by atoms with van der Waals surface area (Å²) in [5.74, 6) is 1.12. The highest BCUT2D eigenvalue weighted by Crippen LogP contribution is 2.31. The van der Waals surface area contributed by atoms with Crippen LogP contribution in [0, 0.1) is 0 Å². The molecule has 3 aromatic rings. The van der Waals surface area contributed by atoms with E-state index in [9.17, 15) is 5.11 Å². The first-order valence-electron chi connectivity index (χ1n) is 5.11. The number of phenolic OH excluding ortho intramolecular Hbond substituents is 1. The van der Waals surface area contributed by atoms with Crippen molar-refractivity contribution in [3.8, 4) is 27.9 Å². The van der Waals surface area contributed by atoms with Gasteiger partial charge in [0.1, 0.15) is 5.75 Å². The molecule has 0 unspecified atom stereocenters. The Balaban J connectivity index is 1.99. The molecule has 0 amide bonds. The fourth-order valence-electron chi connectivity index (χ4n) is 1.52. The van der Waals surface area contributed by atoms with Gasteiger partial charge in [0, 0.05) is 5.56 Å². The lowest BCUT2D eigenvalue weighted by Crippen LogP contribution is -1.79. The lowest BCUT2D eigenvalue weighted by atomic mass is 10.2. The fraction of sp³-hybridized carbons (Fsp3) is 0. The van der Waals surface area contributed by atoms with Crippen LogP contribution in [0.2, 0.25) is 0 Å². The van der Waals surface area contributed by atoms with Crippen LogP contribution in [0.5, 0.6) is 5.75 Å². The van der Waals surface area contributed by atoms with E-state index in [1.165, 1.54) is 11.3 Å². The quantitative estimate of drug-likeness (QED) is 0.776. The molecule has 1 aromatic carbocycles. The summed E-state index contributed by atoms with van der Waals surface area (Å²) in [6.45, 7) is 0. The second-order valence-electron chi connectivity index (χ2n) is 3.58. The van der Waals surface area contributed by atoms with Crippen LogP contribution in [0.4, 0.5) is 0 Å². The zero-order valence-electron chi connectivity index (χ0n) is 9.00. The van der Waals surface area contributed by atoms with E-state index in [1.807, 2.05) is 18.2 Å². The number of thiophene rings is 1. The van der Waals surface area contributed by atoms with Gasteiger partial charge in [-0.3, -0.25) is 0 Å². The molecule has 0 atom stereocenters. The van der Waals surface area contributed by atoms with Crippen LogP contribution < -0.4 is 0 Å². The van der Waals surface area contributed by atoms with Crippen LogP contribution in [-0.2, 0) is 0 Å². The summed E-state index contributed by atoms with van der Waals surface area (Å²) >= 11 is 4.91. The molecule has 2 heterocycles. The van der Waals surface area contributed by atoms with Crippen molar-refractivity contribution in [1.29, 1.82) is 0 Å². The Kier molecular flexibility index (Phi) is 2.89. The van der Waals surface area contributed by atoms with Crippen LogP contribution in [0.15, 0.2) is 44.7 Å². The summed E-state index contributed by atoms with van der Waals surface area (Å²) in [5, 5.41) is 13.3. The SMILES string of the molecule is Oc1cccc(-c2noc(-c3ccc(Br)s3)n2)c1. The minimum Gasteiger partial charge on any atom is -0.508 e. The zero-order chi connectivity index (χ0) is 12.5. The summed E-state index contributed by atoms with van der Waals surface area (Å²) < 4.78 is 6.21. The molecule has 2 aromatic heterocycles. The highest BCUT2D eigenvalue weighted by atomic mass is 79.9. The Bertz CT molecular complexity index is 693. The minimum absolute atomic E-state index is 0.178. The second-order valence-corrected chi connectivity index (χ2v) is 6.04. The fourth-order valence-corrected chi connectivity index (χ4v) is 2.82. The maximum absolute atomic E-state index is 9.41. The summed E-state index contributed by atoms with van der Waals surface area (Å²) in [7, 11) is 0. The largest absolute Gasteiger partial charge is 0.508 e. The normalized spacial score (nSPS) is 10.7. The molecule has 0 radical (unpaired) electrons. The van der Waals surface area contributed by atoms with Crippen molar-refractivity contribution in [2.24, 2.45) is 0 Å². The molecule has 0 saturated carbocycles. The number of rotatable bonds is 2. The molecule has 3 rings (SSSR count). The Hall–Kier alpha value is -1.66. The third-order valence-electron chi connectivity index (χ3n) is 2.31. The van der Waals surface area contributed by atoms with Gasteiger partial charge >= 0.3 is 0 Å². The maximum atomic E-state index is 9.41. The molecule has 6 heteroatoms. The van der Waals surface area contributed by atoms with Crippen LogP contribution in [-0.4, -0.2) is 15.2 Å². The van der Waals surface area contributed by atoms with Crippen molar-refractivity contribution in [3.05, 3.63) is 40.2 Å².